The number of likely N-dealkylation sites (N-methyl/N-ethyl adjacent to an activating group) is 1. The summed E-state index contributed by atoms with van der Waals surface area (Å²) in [5.74, 6) is -0.0248. The summed E-state index contributed by atoms with van der Waals surface area (Å²) in [6, 6.07) is 7.68. The quantitative estimate of drug-likeness (QED) is 0.399. The minimum absolute atomic E-state index is 0.00897. The van der Waals surface area contributed by atoms with Gasteiger partial charge >= 0.3 is 0 Å². The highest BCUT2D eigenvalue weighted by atomic mass is 16.5. The van der Waals surface area contributed by atoms with Crippen LogP contribution in [0.2, 0.25) is 0 Å². The molecule has 8 nitrogen and oxygen atoms in total. The molecule has 0 unspecified atom stereocenters. The Hall–Kier alpha value is -3.52. The number of Topliss-reactive ketones (excluding diaryl/α,β-unsaturated/α-hetero) is 1. The third-order valence-electron chi connectivity index (χ3n) is 5.31. The van der Waals surface area contributed by atoms with Crippen LogP contribution in [-0.4, -0.2) is 62.1 Å². The lowest BCUT2D eigenvalue weighted by Crippen LogP contribution is -3.06. The Morgan fingerprint density at radius 3 is 2.61 bits per heavy atom. The van der Waals surface area contributed by atoms with Crippen LogP contribution in [0.4, 0.5) is 0 Å². The number of hydrogen-bond acceptors (Lipinski definition) is 6. The average molecular weight is 456 g/mol. The van der Waals surface area contributed by atoms with Gasteiger partial charge in [0.1, 0.15) is 12.4 Å². The second kappa shape index (κ2) is 10.4. The van der Waals surface area contributed by atoms with Crippen molar-refractivity contribution in [1.82, 2.24) is 4.90 Å². The number of carbonyl (C=O) groups excluding carboxylic acids is 2. The number of quaternary nitrogens is 1. The molecule has 2 heterocycles. The third-order valence-corrected chi connectivity index (χ3v) is 5.31. The largest absolute Gasteiger partial charge is 0.503 e. The molecular weight excluding hydrogens is 424 g/mol. The van der Waals surface area contributed by atoms with Gasteiger partial charge < -0.3 is 28.8 Å². The SMILES string of the molecule is C=CCOc1ccc([C@@H]2C(C(=O)c3ccc(C)o3)=C(O)C(=O)N2CC[NH+](C)C)cc1OCC. The number of hydrogen-bond donors (Lipinski definition) is 2. The van der Waals surface area contributed by atoms with Crippen LogP contribution in [0.15, 0.2) is 58.7 Å². The zero-order valence-corrected chi connectivity index (χ0v) is 19.5. The summed E-state index contributed by atoms with van der Waals surface area (Å²) in [6.07, 6.45) is 1.63. The van der Waals surface area contributed by atoms with Crippen LogP contribution in [0.1, 0.15) is 34.8 Å². The number of aryl methyl sites for hydroxylation is 1. The van der Waals surface area contributed by atoms with Gasteiger partial charge in [-0.25, -0.2) is 0 Å². The molecule has 0 saturated heterocycles. The van der Waals surface area contributed by atoms with Crippen LogP contribution < -0.4 is 14.4 Å². The summed E-state index contributed by atoms with van der Waals surface area (Å²) in [7, 11) is 3.94. The molecule has 0 radical (unpaired) electrons. The second-order valence-corrected chi connectivity index (χ2v) is 8.10. The molecule has 0 fully saturated rings. The van der Waals surface area contributed by atoms with Gasteiger partial charge in [-0.3, -0.25) is 9.59 Å². The number of carbonyl (C=O) groups is 2. The molecule has 1 aliphatic rings. The Bertz CT molecular complexity index is 1070. The minimum atomic E-state index is -0.789. The van der Waals surface area contributed by atoms with Crippen LogP contribution in [0.5, 0.6) is 11.5 Å². The molecule has 2 N–H and O–H groups in total. The van der Waals surface area contributed by atoms with E-state index in [0.717, 1.165) is 4.90 Å². The maximum absolute atomic E-state index is 13.3. The molecule has 1 aliphatic heterocycles. The summed E-state index contributed by atoms with van der Waals surface area (Å²) < 4.78 is 16.9. The molecular formula is C25H31N2O6+. The van der Waals surface area contributed by atoms with Crippen molar-refractivity contribution >= 4 is 11.7 Å². The van der Waals surface area contributed by atoms with Crippen LogP contribution >= 0.6 is 0 Å². The van der Waals surface area contributed by atoms with E-state index in [1.807, 2.05) is 21.0 Å². The average Bonchev–Trinajstić information content (AvgIpc) is 3.32. The number of aliphatic hydroxyl groups is 1. The molecule has 8 heteroatoms. The Morgan fingerprint density at radius 1 is 1.24 bits per heavy atom. The number of benzene rings is 1. The van der Waals surface area contributed by atoms with Crippen LogP contribution in [0, 0.1) is 6.92 Å². The molecule has 3 rings (SSSR count). The van der Waals surface area contributed by atoms with Crippen molar-refractivity contribution in [2.75, 3.05) is 40.4 Å². The number of nitrogens with zero attached hydrogens (tertiary/aromatic N) is 1. The molecule has 33 heavy (non-hydrogen) atoms. The number of amides is 1. The zero-order valence-electron chi connectivity index (χ0n) is 19.5. The number of rotatable bonds is 11. The molecule has 1 aromatic heterocycles. The first-order valence-electron chi connectivity index (χ1n) is 10.9. The van der Waals surface area contributed by atoms with Crippen LogP contribution in [0.25, 0.3) is 0 Å². The third kappa shape index (κ3) is 5.12. The van der Waals surface area contributed by atoms with E-state index in [4.69, 9.17) is 13.9 Å². The van der Waals surface area contributed by atoms with Gasteiger partial charge in [-0.15, -0.1) is 0 Å². The summed E-state index contributed by atoms with van der Waals surface area (Å²) >= 11 is 0. The van der Waals surface area contributed by atoms with E-state index in [2.05, 4.69) is 6.58 Å². The molecule has 0 aliphatic carbocycles. The molecule has 0 bridgehead atoms. The molecule has 0 spiro atoms. The monoisotopic (exact) mass is 455 g/mol. The molecule has 1 aromatic carbocycles. The lowest BCUT2D eigenvalue weighted by atomic mass is 9.94. The summed E-state index contributed by atoms with van der Waals surface area (Å²) in [5.41, 5.74) is 0.618. The van der Waals surface area contributed by atoms with E-state index < -0.39 is 23.5 Å². The van der Waals surface area contributed by atoms with Crippen molar-refractivity contribution in [2.24, 2.45) is 0 Å². The van der Waals surface area contributed by atoms with Gasteiger partial charge in [0.2, 0.25) is 5.78 Å². The van der Waals surface area contributed by atoms with Crippen molar-refractivity contribution < 1.29 is 33.5 Å². The lowest BCUT2D eigenvalue weighted by molar-refractivity contribution is -0.857. The van der Waals surface area contributed by atoms with Crippen molar-refractivity contribution in [1.29, 1.82) is 0 Å². The first kappa shape index (κ1) is 24.1. The summed E-state index contributed by atoms with van der Waals surface area (Å²) in [6.45, 7) is 8.94. The fourth-order valence-corrected chi connectivity index (χ4v) is 3.73. The van der Waals surface area contributed by atoms with Gasteiger partial charge in [0, 0.05) is 0 Å². The Labute approximate surface area is 193 Å². The normalized spacial score (nSPS) is 16.0. The van der Waals surface area contributed by atoms with Crippen molar-refractivity contribution in [3.8, 4) is 11.5 Å². The smallest absolute Gasteiger partial charge is 0.290 e. The van der Waals surface area contributed by atoms with E-state index in [1.54, 1.807) is 43.3 Å². The Morgan fingerprint density at radius 2 is 2.00 bits per heavy atom. The van der Waals surface area contributed by atoms with Gasteiger partial charge in [-0.2, -0.15) is 0 Å². The minimum Gasteiger partial charge on any atom is -0.503 e. The van der Waals surface area contributed by atoms with E-state index in [1.165, 1.54) is 4.90 Å². The number of aliphatic hydroxyl groups excluding tert-OH is 1. The topological polar surface area (TPSA) is 93.7 Å². The summed E-state index contributed by atoms with van der Waals surface area (Å²) in [4.78, 5) is 29.0. The predicted octanol–water partition coefficient (Wildman–Crippen LogP) is 2.27. The fourth-order valence-electron chi connectivity index (χ4n) is 3.73. The fraction of sp³-hybridized carbons (Fsp3) is 0.360. The molecule has 1 amide bonds. The predicted molar refractivity (Wildman–Crippen MR) is 123 cm³/mol. The molecule has 1 atom stereocenters. The van der Waals surface area contributed by atoms with Crippen LogP contribution in [-0.2, 0) is 4.79 Å². The van der Waals surface area contributed by atoms with Gasteiger partial charge in [0.05, 0.1) is 45.4 Å². The maximum Gasteiger partial charge on any atom is 0.290 e. The first-order valence-corrected chi connectivity index (χ1v) is 10.9. The maximum atomic E-state index is 13.3. The molecule has 176 valence electrons. The van der Waals surface area contributed by atoms with E-state index >= 15 is 0 Å². The van der Waals surface area contributed by atoms with Crippen LogP contribution in [0.3, 0.4) is 0 Å². The molecule has 2 aromatic rings. The highest BCUT2D eigenvalue weighted by Crippen LogP contribution is 2.41. The summed E-state index contributed by atoms with van der Waals surface area (Å²) in [5, 5.41) is 10.8. The number of ketones is 1. The van der Waals surface area contributed by atoms with E-state index in [9.17, 15) is 14.7 Å². The van der Waals surface area contributed by atoms with Gasteiger partial charge in [0.15, 0.2) is 23.0 Å². The van der Waals surface area contributed by atoms with E-state index in [0.29, 0.717) is 49.1 Å². The standard InChI is InChI=1S/C25H30N2O6/c1-6-14-32-18-11-9-17(15-20(18)31-7-2)22-21(23(28)19-10-8-16(3)33-19)24(29)25(30)27(22)13-12-26(4)5/h6,8-11,15,22,29H,1,7,12-14H2,2-5H3/p+1/t22-/m1/s1. The number of furan rings is 1. The lowest BCUT2D eigenvalue weighted by Gasteiger charge is -2.27. The Balaban J connectivity index is 2.09. The van der Waals surface area contributed by atoms with Gasteiger partial charge in [0.25, 0.3) is 5.91 Å². The number of nitrogens with one attached hydrogen (secondary N) is 1. The highest BCUT2D eigenvalue weighted by Gasteiger charge is 2.44. The van der Waals surface area contributed by atoms with Crippen molar-refractivity contribution in [3.05, 3.63) is 71.4 Å². The Kier molecular flexibility index (Phi) is 7.60. The second-order valence-electron chi connectivity index (χ2n) is 8.10. The number of ether oxygens (including phenoxy) is 2. The van der Waals surface area contributed by atoms with Crippen molar-refractivity contribution in [3.63, 3.8) is 0 Å². The van der Waals surface area contributed by atoms with E-state index in [-0.39, 0.29) is 11.3 Å². The first-order chi connectivity index (χ1) is 15.8. The zero-order chi connectivity index (χ0) is 24.1. The van der Waals surface area contributed by atoms with Crippen molar-refractivity contribution in [2.45, 2.75) is 19.9 Å². The molecule has 0 saturated carbocycles. The van der Waals surface area contributed by atoms with Gasteiger partial charge in [-0.05, 0) is 43.7 Å². The highest BCUT2D eigenvalue weighted by molar-refractivity contribution is 6.15. The van der Waals surface area contributed by atoms with Gasteiger partial charge in [-0.1, -0.05) is 18.7 Å².